The van der Waals surface area contributed by atoms with Crippen molar-refractivity contribution >= 4 is 5.90 Å². The smallest absolute Gasteiger partial charge is 0.217 e. The van der Waals surface area contributed by atoms with Crippen molar-refractivity contribution in [2.75, 3.05) is 20.8 Å². The molecule has 3 rings (SSSR count). The third kappa shape index (κ3) is 3.00. The standard InChI is InChI=1S/C18H19NO4/c1-21-15-9-8-13(10-16(15)22-2)18-19-14(11-20)17(23-18)12-6-4-3-5-7-12/h3-10,14,17,20H,11H2,1-2H3/t14-,17-/m0/s1. The van der Waals surface area contributed by atoms with Crippen LogP contribution in [-0.4, -0.2) is 37.9 Å². The van der Waals surface area contributed by atoms with Crippen LogP contribution in [0, 0.1) is 0 Å². The highest BCUT2D eigenvalue weighted by Crippen LogP contribution is 2.33. The summed E-state index contributed by atoms with van der Waals surface area (Å²) in [5.74, 6) is 1.76. The zero-order valence-corrected chi connectivity index (χ0v) is 13.1. The number of hydrogen-bond donors (Lipinski definition) is 1. The first-order valence-corrected chi connectivity index (χ1v) is 7.39. The monoisotopic (exact) mass is 313 g/mol. The molecule has 1 aliphatic heterocycles. The molecule has 0 spiro atoms. The number of rotatable bonds is 5. The Morgan fingerprint density at radius 3 is 2.43 bits per heavy atom. The van der Waals surface area contributed by atoms with E-state index in [0.29, 0.717) is 17.4 Å². The van der Waals surface area contributed by atoms with Crippen LogP contribution in [0.4, 0.5) is 0 Å². The highest BCUT2D eigenvalue weighted by molar-refractivity contribution is 5.96. The first-order chi connectivity index (χ1) is 11.3. The predicted molar refractivity (Wildman–Crippen MR) is 87.2 cm³/mol. The summed E-state index contributed by atoms with van der Waals surface area (Å²) in [5, 5.41) is 9.61. The van der Waals surface area contributed by atoms with E-state index in [4.69, 9.17) is 14.2 Å². The van der Waals surface area contributed by atoms with Crippen molar-refractivity contribution in [2.24, 2.45) is 4.99 Å². The maximum absolute atomic E-state index is 9.61. The van der Waals surface area contributed by atoms with Gasteiger partial charge in [0, 0.05) is 5.56 Å². The molecule has 1 aliphatic rings. The summed E-state index contributed by atoms with van der Waals surface area (Å²) in [7, 11) is 3.18. The second kappa shape index (κ2) is 6.71. The van der Waals surface area contributed by atoms with Gasteiger partial charge in [-0.25, -0.2) is 4.99 Å². The zero-order valence-electron chi connectivity index (χ0n) is 13.1. The predicted octanol–water partition coefficient (Wildman–Crippen LogP) is 2.58. The maximum atomic E-state index is 9.61. The molecule has 0 aliphatic carbocycles. The Hall–Kier alpha value is -2.53. The molecular formula is C18H19NO4. The summed E-state index contributed by atoms with van der Waals surface area (Å²) in [6.07, 6.45) is -0.288. The highest BCUT2D eigenvalue weighted by Gasteiger charge is 2.32. The molecule has 0 unspecified atom stereocenters. The molecule has 2 aromatic rings. The van der Waals surface area contributed by atoms with E-state index in [1.165, 1.54) is 0 Å². The van der Waals surface area contributed by atoms with Gasteiger partial charge in [-0.2, -0.15) is 0 Å². The SMILES string of the molecule is COc1ccc(C2=N[C@@H](CO)[C@H](c3ccccc3)O2)cc1OC. The van der Waals surface area contributed by atoms with Crippen molar-refractivity contribution in [3.63, 3.8) is 0 Å². The molecule has 0 bridgehead atoms. The van der Waals surface area contributed by atoms with Gasteiger partial charge in [-0.1, -0.05) is 30.3 Å². The summed E-state index contributed by atoms with van der Waals surface area (Å²) < 4.78 is 16.6. The average molecular weight is 313 g/mol. The molecule has 23 heavy (non-hydrogen) atoms. The molecule has 5 nitrogen and oxygen atoms in total. The number of aliphatic hydroxyl groups excluding tert-OH is 1. The van der Waals surface area contributed by atoms with Gasteiger partial charge in [0.05, 0.1) is 20.8 Å². The van der Waals surface area contributed by atoms with Gasteiger partial charge in [0.1, 0.15) is 6.04 Å². The Morgan fingerprint density at radius 2 is 1.78 bits per heavy atom. The van der Waals surface area contributed by atoms with Crippen LogP contribution in [-0.2, 0) is 4.74 Å². The Bertz CT molecular complexity index is 699. The lowest BCUT2D eigenvalue weighted by Crippen LogP contribution is -2.17. The van der Waals surface area contributed by atoms with E-state index in [9.17, 15) is 5.11 Å². The van der Waals surface area contributed by atoms with E-state index in [1.807, 2.05) is 48.5 Å². The van der Waals surface area contributed by atoms with E-state index in [-0.39, 0.29) is 18.8 Å². The Morgan fingerprint density at radius 1 is 1.04 bits per heavy atom. The second-order valence-electron chi connectivity index (χ2n) is 5.20. The Labute approximate surface area is 135 Å². The van der Waals surface area contributed by atoms with Gasteiger partial charge < -0.3 is 19.3 Å². The molecule has 5 heteroatoms. The van der Waals surface area contributed by atoms with E-state index in [1.54, 1.807) is 14.2 Å². The van der Waals surface area contributed by atoms with Gasteiger partial charge in [-0.05, 0) is 23.8 Å². The van der Waals surface area contributed by atoms with Crippen molar-refractivity contribution in [2.45, 2.75) is 12.1 Å². The first kappa shape index (κ1) is 15.4. The molecular weight excluding hydrogens is 294 g/mol. The third-order valence-corrected chi connectivity index (χ3v) is 3.82. The van der Waals surface area contributed by atoms with Crippen molar-refractivity contribution < 1.29 is 19.3 Å². The summed E-state index contributed by atoms with van der Waals surface area (Å²) in [5.41, 5.74) is 1.78. The van der Waals surface area contributed by atoms with Gasteiger partial charge in [0.2, 0.25) is 5.90 Å². The highest BCUT2D eigenvalue weighted by atomic mass is 16.5. The van der Waals surface area contributed by atoms with Crippen LogP contribution in [0.1, 0.15) is 17.2 Å². The van der Waals surface area contributed by atoms with E-state index in [2.05, 4.69) is 4.99 Å². The number of benzene rings is 2. The normalized spacial score (nSPS) is 19.9. The first-order valence-electron chi connectivity index (χ1n) is 7.39. The lowest BCUT2D eigenvalue weighted by molar-refractivity contribution is 0.152. The number of hydrogen-bond acceptors (Lipinski definition) is 5. The fourth-order valence-electron chi connectivity index (χ4n) is 2.63. The summed E-state index contributed by atoms with van der Waals surface area (Å²) in [6, 6.07) is 15.0. The van der Waals surface area contributed by atoms with Crippen molar-refractivity contribution in [3.05, 3.63) is 59.7 Å². The van der Waals surface area contributed by atoms with Crippen molar-refractivity contribution in [3.8, 4) is 11.5 Å². The number of ether oxygens (including phenoxy) is 3. The minimum Gasteiger partial charge on any atom is -0.493 e. The van der Waals surface area contributed by atoms with Crippen LogP contribution < -0.4 is 9.47 Å². The summed E-state index contributed by atoms with van der Waals surface area (Å²) in [4.78, 5) is 4.51. The van der Waals surface area contributed by atoms with Crippen LogP contribution in [0.5, 0.6) is 11.5 Å². The fourth-order valence-corrected chi connectivity index (χ4v) is 2.63. The minimum atomic E-state index is -0.319. The third-order valence-electron chi connectivity index (χ3n) is 3.82. The van der Waals surface area contributed by atoms with Crippen LogP contribution in [0.2, 0.25) is 0 Å². The maximum Gasteiger partial charge on any atom is 0.217 e. The molecule has 1 heterocycles. The lowest BCUT2D eigenvalue weighted by Gasteiger charge is -2.16. The largest absolute Gasteiger partial charge is 0.493 e. The van der Waals surface area contributed by atoms with Gasteiger partial charge in [0.25, 0.3) is 0 Å². The number of aliphatic hydroxyl groups is 1. The van der Waals surface area contributed by atoms with Gasteiger partial charge in [-0.15, -0.1) is 0 Å². The van der Waals surface area contributed by atoms with Crippen LogP contribution in [0.25, 0.3) is 0 Å². The topological polar surface area (TPSA) is 60.3 Å². The minimum absolute atomic E-state index is 0.0731. The number of nitrogens with zero attached hydrogens (tertiary/aromatic N) is 1. The average Bonchev–Trinajstić information content (AvgIpc) is 3.06. The molecule has 0 fully saturated rings. The van der Waals surface area contributed by atoms with Gasteiger partial charge >= 0.3 is 0 Å². The van der Waals surface area contributed by atoms with Crippen molar-refractivity contribution in [1.29, 1.82) is 0 Å². The molecule has 0 saturated carbocycles. The van der Waals surface area contributed by atoms with Crippen LogP contribution in [0.15, 0.2) is 53.5 Å². The van der Waals surface area contributed by atoms with E-state index in [0.717, 1.165) is 11.1 Å². The number of aliphatic imine (C=N–C) groups is 1. The van der Waals surface area contributed by atoms with Crippen LogP contribution in [0.3, 0.4) is 0 Å². The number of methoxy groups -OCH3 is 2. The van der Waals surface area contributed by atoms with Gasteiger partial charge in [-0.3, -0.25) is 0 Å². The summed E-state index contributed by atoms with van der Waals surface area (Å²) >= 11 is 0. The zero-order chi connectivity index (χ0) is 16.2. The van der Waals surface area contributed by atoms with E-state index < -0.39 is 0 Å². The molecule has 0 radical (unpaired) electrons. The second-order valence-corrected chi connectivity index (χ2v) is 5.20. The van der Waals surface area contributed by atoms with Crippen LogP contribution >= 0.6 is 0 Å². The molecule has 0 amide bonds. The van der Waals surface area contributed by atoms with E-state index >= 15 is 0 Å². The van der Waals surface area contributed by atoms with Gasteiger partial charge in [0.15, 0.2) is 17.6 Å². The quantitative estimate of drug-likeness (QED) is 0.921. The summed E-state index contributed by atoms with van der Waals surface area (Å²) in [6.45, 7) is -0.0731. The molecule has 1 N–H and O–H groups in total. The Kier molecular flexibility index (Phi) is 4.48. The molecule has 2 aromatic carbocycles. The molecule has 0 saturated heterocycles. The lowest BCUT2D eigenvalue weighted by atomic mass is 10.0. The molecule has 0 aromatic heterocycles. The molecule has 2 atom stereocenters. The Balaban J connectivity index is 1.89. The van der Waals surface area contributed by atoms with Crippen molar-refractivity contribution in [1.82, 2.24) is 0 Å². The molecule has 120 valence electrons. The fraction of sp³-hybridized carbons (Fsp3) is 0.278.